The second-order valence-corrected chi connectivity index (χ2v) is 21.4. The topological polar surface area (TPSA) is 267 Å². The number of rotatable bonds is 4. The lowest BCUT2D eigenvalue weighted by molar-refractivity contribution is 0.0959. The van der Waals surface area contributed by atoms with Gasteiger partial charge in [-0.2, -0.15) is 0 Å². The first-order valence-corrected chi connectivity index (χ1v) is 26.1. The molecule has 4 N–H and O–H groups in total. The summed E-state index contributed by atoms with van der Waals surface area (Å²) < 4.78 is 9.38. The molecule has 2 aliphatic heterocycles. The lowest BCUT2D eigenvalue weighted by Gasteiger charge is -2.28. The number of anilines is 1. The molecule has 23 heteroatoms. The van der Waals surface area contributed by atoms with E-state index in [1.807, 2.05) is 122 Å². The van der Waals surface area contributed by atoms with Gasteiger partial charge in [0.05, 0.1) is 30.4 Å². The number of amides is 1. The first-order valence-electron chi connectivity index (χ1n) is 26.1. The van der Waals surface area contributed by atoms with Gasteiger partial charge in [-0.1, -0.05) is 20.6 Å². The van der Waals surface area contributed by atoms with E-state index in [1.165, 1.54) is 10.1 Å². The largest absolute Gasteiger partial charge is 0.335 e. The third-order valence-corrected chi connectivity index (χ3v) is 12.4. The number of nitrogens with one attached hydrogen (secondary N) is 4. The van der Waals surface area contributed by atoms with Crippen molar-refractivity contribution in [3.05, 3.63) is 145 Å². The summed E-state index contributed by atoms with van der Waals surface area (Å²) in [7, 11) is 1.99. The number of hydrogen-bond acceptors (Lipinski definition) is 15. The molecule has 10 heterocycles. The van der Waals surface area contributed by atoms with Crippen molar-refractivity contribution >= 4 is 50.8 Å². The van der Waals surface area contributed by atoms with Crippen LogP contribution in [0.5, 0.6) is 0 Å². The fourth-order valence-corrected chi connectivity index (χ4v) is 8.06. The van der Waals surface area contributed by atoms with E-state index < -0.39 is 0 Å². The number of hydrogen-bond donors (Lipinski definition) is 4. The smallest absolute Gasteiger partial charge is 0.328 e. The molecule has 0 aliphatic carbocycles. The Kier molecular flexibility index (Phi) is 21.0. The summed E-state index contributed by atoms with van der Waals surface area (Å²) in [5.41, 5.74) is 8.23. The fraction of sp³-hybridized carbons (Fsp3) is 0.456. The average Bonchev–Trinajstić information content (AvgIpc) is 4.15. The molecule has 0 atom stereocenters. The first-order chi connectivity index (χ1) is 36.8. The second-order valence-electron chi connectivity index (χ2n) is 21.4. The number of nitrogens with zero attached hydrogens (tertiary/aromatic N) is 15. The second kappa shape index (κ2) is 26.3. The monoisotopic (exact) mass is 1100 g/mol. The Labute approximate surface area is 468 Å². The van der Waals surface area contributed by atoms with E-state index in [1.54, 1.807) is 32.7 Å². The van der Waals surface area contributed by atoms with Gasteiger partial charge in [0.2, 0.25) is 0 Å². The minimum Gasteiger partial charge on any atom is -0.335 e. The highest BCUT2D eigenvalue weighted by atomic mass is 16.2. The number of carbonyl (C=O) groups is 1. The van der Waals surface area contributed by atoms with Gasteiger partial charge in [0.1, 0.15) is 46.1 Å². The van der Waals surface area contributed by atoms with Crippen LogP contribution in [-0.4, -0.2) is 95.2 Å². The summed E-state index contributed by atoms with van der Waals surface area (Å²) in [6.45, 7) is 45.4. The molecule has 430 valence electrons. The van der Waals surface area contributed by atoms with Gasteiger partial charge in [-0.25, -0.2) is 49.7 Å². The summed E-state index contributed by atoms with van der Waals surface area (Å²) in [5.74, 6) is 4.07. The van der Waals surface area contributed by atoms with E-state index in [2.05, 4.69) is 129 Å². The third kappa shape index (κ3) is 15.3. The van der Waals surface area contributed by atoms with E-state index in [0.717, 1.165) is 56.8 Å². The standard InChI is InChI=1S/C10H14N4O.C10H14N4.C10H16N2.C9H12N4O.C9H11N3.C8H12N2O2.CH4/c1-6-12-8-7(9(15)13-6)11-5-14(8)10(2,3)4;1-6(2)14-5-11-9-7(3)12-8(4)13-10(9)14;1-7(2)12-6-8(3)9(4)11-10(12)5;1-5(2)13-4-10-7-8(13)11-6(3)12-9(7)14;1-6-8-4-5-12(3)9(8)11-7(2)10-6;1-5(2)10-4-6(3)7(11)9-8(10)12;/h5,12H,1H2,2-4H3,(H,13,15);5-6H,1-4H3;6-7H,5H2,1-4H3;4-5H,1-3H3,(H,11,12,14);4-5H,1-3H3;4-5H,1-3H3,(H,9,11,12);1H4. The molecule has 0 saturated heterocycles. The molecule has 0 spiro atoms. The molecule has 2 aliphatic rings. The Morgan fingerprint density at radius 1 is 0.613 bits per heavy atom. The molecule has 80 heavy (non-hydrogen) atoms. The zero-order valence-electron chi connectivity index (χ0n) is 49.6. The van der Waals surface area contributed by atoms with Crippen molar-refractivity contribution in [1.82, 2.24) is 82.9 Å². The minimum atomic E-state index is -0.347. The number of carbonyl (C=O) groups excluding carboxylic acids is 1. The van der Waals surface area contributed by atoms with E-state index in [4.69, 9.17) is 0 Å². The SMILES string of the molecule is C.C=C1N=C(C)C(C)=CN1C(C)C.C=C1NC(=O)c2ncn(C(C)(C)C)c2N1.Cc1cn(C(C)C)c(=O)[nH]c1=O.Cc1nc(C)c2ccn(C)c2n1.Cc1nc(C)c2ncn(C(C)C)c2n1.Cc1nc2c(ncn2C(C)C)c(=O)[nH]1. The van der Waals surface area contributed by atoms with Gasteiger partial charge in [0.25, 0.3) is 17.0 Å². The van der Waals surface area contributed by atoms with Crippen molar-refractivity contribution < 1.29 is 4.79 Å². The number of aliphatic imine (C=N–C) groups is 1. The summed E-state index contributed by atoms with van der Waals surface area (Å²) in [6.07, 6.45) is 10.8. The van der Waals surface area contributed by atoms with Crippen LogP contribution in [0.1, 0.15) is 160 Å². The highest BCUT2D eigenvalue weighted by Crippen LogP contribution is 2.27. The molecular weight excluding hydrogens is 1010 g/mol. The molecule has 23 nitrogen and oxygen atoms in total. The number of aromatic amines is 2. The lowest BCUT2D eigenvalue weighted by Crippen LogP contribution is -2.34. The van der Waals surface area contributed by atoms with Crippen molar-refractivity contribution in [1.29, 1.82) is 0 Å². The number of imidazole rings is 3. The van der Waals surface area contributed by atoms with Crippen molar-refractivity contribution in [3.63, 3.8) is 0 Å². The molecule has 0 radical (unpaired) electrons. The maximum Gasteiger partial charge on any atom is 0.328 e. The van der Waals surface area contributed by atoms with Crippen LogP contribution in [-0.2, 0) is 12.6 Å². The molecule has 0 aromatic carbocycles. The maximum absolute atomic E-state index is 11.5. The number of H-pyrrole nitrogens is 2. The Hall–Kier alpha value is -8.63. The van der Waals surface area contributed by atoms with Gasteiger partial charge < -0.3 is 38.8 Å². The molecule has 10 rings (SSSR count). The van der Waals surface area contributed by atoms with Gasteiger partial charge in [-0.15, -0.1) is 0 Å². The molecule has 0 fully saturated rings. The van der Waals surface area contributed by atoms with Gasteiger partial charge in [0.15, 0.2) is 22.5 Å². The van der Waals surface area contributed by atoms with Gasteiger partial charge in [-0.05, 0) is 143 Å². The van der Waals surface area contributed by atoms with E-state index in [9.17, 15) is 19.2 Å². The first kappa shape index (κ1) is 63.9. The Bertz CT molecular complexity index is 3770. The van der Waals surface area contributed by atoms with Gasteiger partial charge in [0, 0.05) is 72.0 Å². The Morgan fingerprint density at radius 3 is 1.73 bits per heavy atom. The zero-order valence-corrected chi connectivity index (χ0v) is 49.6. The zero-order chi connectivity index (χ0) is 59.1. The van der Waals surface area contributed by atoms with Crippen LogP contribution in [0.3, 0.4) is 0 Å². The molecule has 1 amide bonds. The van der Waals surface area contributed by atoms with E-state index in [-0.39, 0.29) is 47.8 Å². The number of aryl methyl sites for hydroxylation is 7. The Morgan fingerprint density at radius 2 is 1.16 bits per heavy atom. The quantitative estimate of drug-likeness (QED) is 0.128. The normalized spacial score (nSPS) is 12.9. The molecule has 8 aromatic heterocycles. The van der Waals surface area contributed by atoms with Crippen LogP contribution < -0.4 is 27.4 Å². The highest BCUT2D eigenvalue weighted by molar-refractivity contribution is 6.00. The van der Waals surface area contributed by atoms with Crippen molar-refractivity contribution in [2.24, 2.45) is 12.0 Å². The van der Waals surface area contributed by atoms with Crippen LogP contribution in [0.15, 0.2) is 93.4 Å². The maximum atomic E-state index is 11.5. The summed E-state index contributed by atoms with van der Waals surface area (Å²) in [6, 6.07) is 3.20. The minimum absolute atomic E-state index is 0. The predicted molar refractivity (Wildman–Crippen MR) is 320 cm³/mol. The number of fused-ring (bicyclic) bond motifs is 4. The number of aromatic nitrogens is 15. The molecule has 0 saturated carbocycles. The summed E-state index contributed by atoms with van der Waals surface area (Å²) in [5, 5.41) is 6.74. The van der Waals surface area contributed by atoms with Crippen molar-refractivity contribution in [2.45, 2.75) is 169 Å². The van der Waals surface area contributed by atoms with E-state index >= 15 is 0 Å². The average molecular weight is 1100 g/mol. The lowest BCUT2D eigenvalue weighted by atomic mass is 10.1. The molecule has 8 aromatic rings. The molecule has 0 bridgehead atoms. The molecule has 0 unspecified atom stereocenters. The van der Waals surface area contributed by atoms with Crippen LogP contribution in [0.25, 0.3) is 33.4 Å². The highest BCUT2D eigenvalue weighted by Gasteiger charge is 2.28. The Balaban J connectivity index is 0.000000207. The third-order valence-electron chi connectivity index (χ3n) is 12.4. The predicted octanol–water partition coefficient (Wildman–Crippen LogP) is 9.49. The molecular formula is C57H83N19O4. The van der Waals surface area contributed by atoms with E-state index in [0.29, 0.717) is 52.0 Å². The van der Waals surface area contributed by atoms with Gasteiger partial charge in [-0.3, -0.25) is 23.9 Å². The van der Waals surface area contributed by atoms with Crippen LogP contribution in [0.4, 0.5) is 5.82 Å². The van der Waals surface area contributed by atoms with Crippen LogP contribution in [0.2, 0.25) is 0 Å². The summed E-state index contributed by atoms with van der Waals surface area (Å²) >= 11 is 0. The summed E-state index contributed by atoms with van der Waals surface area (Å²) in [4.78, 5) is 90.4. The van der Waals surface area contributed by atoms with Crippen LogP contribution in [0, 0.1) is 41.5 Å². The van der Waals surface area contributed by atoms with Gasteiger partial charge >= 0.3 is 5.69 Å². The number of allylic oxidation sites excluding steroid dienone is 1. The van der Waals surface area contributed by atoms with Crippen LogP contribution >= 0.6 is 0 Å². The van der Waals surface area contributed by atoms with Crippen molar-refractivity contribution in [3.8, 4) is 0 Å². The van der Waals surface area contributed by atoms with Crippen molar-refractivity contribution in [2.75, 3.05) is 5.32 Å². The fourth-order valence-electron chi connectivity index (χ4n) is 8.06.